The molecule has 0 aliphatic heterocycles. The van der Waals surface area contributed by atoms with Crippen LogP contribution in [0.1, 0.15) is 22.6 Å². The number of carbonyl (C=O) groups is 2. The van der Waals surface area contributed by atoms with E-state index in [0.29, 0.717) is 36.0 Å². The number of imidazole rings is 1. The topological polar surface area (TPSA) is 83.1 Å². The molecule has 2 N–H and O–H groups in total. The van der Waals surface area contributed by atoms with Gasteiger partial charge in [0.15, 0.2) is 6.29 Å². The average molecular weight is 218 g/mol. The van der Waals surface area contributed by atoms with Crippen molar-refractivity contribution in [3.8, 4) is 5.75 Å². The fourth-order valence-corrected chi connectivity index (χ4v) is 1.57. The van der Waals surface area contributed by atoms with Gasteiger partial charge >= 0.3 is 0 Å². The van der Waals surface area contributed by atoms with E-state index in [9.17, 15) is 14.7 Å². The fraction of sp³-hybridized carbons (Fsp3) is 0.182. The first-order chi connectivity index (χ1) is 7.76. The van der Waals surface area contributed by atoms with Crippen LogP contribution >= 0.6 is 0 Å². The third kappa shape index (κ3) is 1.67. The van der Waals surface area contributed by atoms with Gasteiger partial charge in [-0.25, -0.2) is 4.98 Å². The van der Waals surface area contributed by atoms with Crippen molar-refractivity contribution < 1.29 is 14.7 Å². The summed E-state index contributed by atoms with van der Waals surface area (Å²) in [7, 11) is 0. The van der Waals surface area contributed by atoms with E-state index in [0.717, 1.165) is 6.29 Å². The van der Waals surface area contributed by atoms with Crippen molar-refractivity contribution >= 4 is 23.6 Å². The zero-order valence-electron chi connectivity index (χ0n) is 8.43. The summed E-state index contributed by atoms with van der Waals surface area (Å²) in [4.78, 5) is 28.2. The van der Waals surface area contributed by atoms with Crippen LogP contribution in [-0.4, -0.2) is 27.6 Å². The Kier molecular flexibility index (Phi) is 2.68. The molecule has 82 valence electrons. The number of phenols is 1. The van der Waals surface area contributed by atoms with Crippen molar-refractivity contribution in [3.63, 3.8) is 0 Å². The molecule has 0 unspecified atom stereocenters. The summed E-state index contributed by atoms with van der Waals surface area (Å²) in [5, 5.41) is 9.45. The number of phenolic OH excluding ortho intramolecular Hbond substituents is 1. The molecule has 1 aromatic carbocycles. The molecule has 0 aliphatic carbocycles. The number of H-pyrrole nitrogens is 1. The molecule has 0 amide bonds. The van der Waals surface area contributed by atoms with Crippen LogP contribution in [0.5, 0.6) is 5.75 Å². The second-order valence-electron chi connectivity index (χ2n) is 3.40. The molecule has 1 aromatic heterocycles. The number of hydrogen-bond acceptors (Lipinski definition) is 4. The second-order valence-corrected chi connectivity index (χ2v) is 3.40. The quantitative estimate of drug-likeness (QED) is 0.755. The largest absolute Gasteiger partial charge is 0.507 e. The highest BCUT2D eigenvalue weighted by Gasteiger charge is 2.10. The van der Waals surface area contributed by atoms with Crippen LogP contribution in [0, 0.1) is 0 Å². The third-order valence-corrected chi connectivity index (χ3v) is 2.34. The van der Waals surface area contributed by atoms with Crippen molar-refractivity contribution in [2.75, 3.05) is 0 Å². The Bertz CT molecular complexity index is 545. The smallest absolute Gasteiger partial charge is 0.156 e. The van der Waals surface area contributed by atoms with E-state index >= 15 is 0 Å². The van der Waals surface area contributed by atoms with Crippen LogP contribution in [0.15, 0.2) is 12.1 Å². The summed E-state index contributed by atoms with van der Waals surface area (Å²) in [5.41, 5.74) is 1.29. The first-order valence-corrected chi connectivity index (χ1v) is 4.85. The number of aromatic nitrogens is 2. The number of nitrogens with zero attached hydrogens (tertiary/aromatic N) is 1. The van der Waals surface area contributed by atoms with Crippen LogP contribution < -0.4 is 0 Å². The second kappa shape index (κ2) is 4.14. The number of hydrogen-bond donors (Lipinski definition) is 2. The average Bonchev–Trinajstić information content (AvgIpc) is 2.69. The van der Waals surface area contributed by atoms with Crippen molar-refractivity contribution in [1.82, 2.24) is 9.97 Å². The maximum absolute atomic E-state index is 10.8. The highest BCUT2D eigenvalue weighted by molar-refractivity contribution is 5.97. The first kappa shape index (κ1) is 10.4. The lowest BCUT2D eigenvalue weighted by Gasteiger charge is -1.95. The Labute approximate surface area is 91.1 Å². The van der Waals surface area contributed by atoms with Crippen LogP contribution in [0.25, 0.3) is 11.0 Å². The first-order valence-electron chi connectivity index (χ1n) is 4.85. The third-order valence-electron chi connectivity index (χ3n) is 2.34. The summed E-state index contributed by atoms with van der Waals surface area (Å²) in [6, 6.07) is 3.09. The SMILES string of the molecule is O=CCCc1nc2c(C=O)c(O)ccc2[nH]1. The predicted molar refractivity (Wildman–Crippen MR) is 57.5 cm³/mol. The van der Waals surface area contributed by atoms with Crippen LogP contribution in [-0.2, 0) is 11.2 Å². The number of fused-ring (bicyclic) bond motifs is 1. The van der Waals surface area contributed by atoms with E-state index in [1.54, 1.807) is 6.07 Å². The Morgan fingerprint density at radius 1 is 1.38 bits per heavy atom. The molecule has 2 aromatic rings. The van der Waals surface area contributed by atoms with Gasteiger partial charge in [0, 0.05) is 12.8 Å². The lowest BCUT2D eigenvalue weighted by molar-refractivity contribution is -0.107. The van der Waals surface area contributed by atoms with Gasteiger partial charge in [-0.1, -0.05) is 0 Å². The minimum absolute atomic E-state index is 0.0871. The number of aldehydes is 2. The maximum atomic E-state index is 10.8. The molecule has 5 nitrogen and oxygen atoms in total. The molecular formula is C11H10N2O3. The van der Waals surface area contributed by atoms with Gasteiger partial charge in [-0.05, 0) is 12.1 Å². The summed E-state index contributed by atoms with van der Waals surface area (Å²) in [5.74, 6) is 0.548. The minimum Gasteiger partial charge on any atom is -0.507 e. The molecule has 0 radical (unpaired) electrons. The van der Waals surface area contributed by atoms with Gasteiger partial charge in [-0.3, -0.25) is 4.79 Å². The number of aromatic hydroxyl groups is 1. The molecule has 2 rings (SSSR count). The highest BCUT2D eigenvalue weighted by Crippen LogP contribution is 2.23. The fourth-order valence-electron chi connectivity index (χ4n) is 1.57. The highest BCUT2D eigenvalue weighted by atomic mass is 16.3. The Balaban J connectivity index is 2.52. The number of aryl methyl sites for hydroxylation is 1. The molecule has 0 spiro atoms. The molecule has 0 saturated heterocycles. The molecule has 1 heterocycles. The monoisotopic (exact) mass is 218 g/mol. The zero-order chi connectivity index (χ0) is 11.5. The molecule has 16 heavy (non-hydrogen) atoms. The van der Waals surface area contributed by atoms with E-state index in [2.05, 4.69) is 9.97 Å². The van der Waals surface area contributed by atoms with Crippen molar-refractivity contribution in [3.05, 3.63) is 23.5 Å². The van der Waals surface area contributed by atoms with Crippen molar-refractivity contribution in [2.24, 2.45) is 0 Å². The van der Waals surface area contributed by atoms with Gasteiger partial charge in [0.25, 0.3) is 0 Å². The standard InChI is InChI=1S/C11H10N2O3/c14-5-1-2-10-12-8-3-4-9(16)7(6-15)11(8)13-10/h3-6,16H,1-2H2,(H,12,13). The predicted octanol–water partition coefficient (Wildman–Crippen LogP) is 1.21. The molecule has 0 atom stereocenters. The van der Waals surface area contributed by atoms with Crippen molar-refractivity contribution in [1.29, 1.82) is 0 Å². The molecule has 5 heteroatoms. The normalized spacial score (nSPS) is 10.5. The summed E-state index contributed by atoms with van der Waals surface area (Å²) >= 11 is 0. The van der Waals surface area contributed by atoms with Crippen LogP contribution in [0.3, 0.4) is 0 Å². The number of nitrogens with one attached hydrogen (secondary N) is 1. The van der Waals surface area contributed by atoms with Gasteiger partial charge in [-0.15, -0.1) is 0 Å². The summed E-state index contributed by atoms with van der Waals surface area (Å²) in [6.07, 6.45) is 2.26. The van der Waals surface area contributed by atoms with Crippen molar-refractivity contribution in [2.45, 2.75) is 12.8 Å². The van der Waals surface area contributed by atoms with E-state index in [1.807, 2.05) is 0 Å². The number of carbonyl (C=O) groups excluding carboxylic acids is 2. The van der Waals surface area contributed by atoms with E-state index in [4.69, 9.17) is 0 Å². The minimum atomic E-state index is -0.0871. The Hall–Kier alpha value is -2.17. The Morgan fingerprint density at radius 3 is 2.88 bits per heavy atom. The van der Waals surface area contributed by atoms with Gasteiger partial charge < -0.3 is 14.9 Å². The number of aromatic amines is 1. The molecule has 0 bridgehead atoms. The van der Waals surface area contributed by atoms with E-state index < -0.39 is 0 Å². The molecular weight excluding hydrogens is 208 g/mol. The molecule has 0 fully saturated rings. The lowest BCUT2D eigenvalue weighted by Crippen LogP contribution is -1.88. The summed E-state index contributed by atoms with van der Waals surface area (Å²) < 4.78 is 0. The van der Waals surface area contributed by atoms with Gasteiger partial charge in [0.05, 0.1) is 11.1 Å². The van der Waals surface area contributed by atoms with E-state index in [1.165, 1.54) is 6.07 Å². The lowest BCUT2D eigenvalue weighted by atomic mass is 10.2. The number of rotatable bonds is 4. The van der Waals surface area contributed by atoms with Gasteiger partial charge in [0.2, 0.25) is 0 Å². The van der Waals surface area contributed by atoms with Crippen LogP contribution in [0.4, 0.5) is 0 Å². The maximum Gasteiger partial charge on any atom is 0.156 e. The Morgan fingerprint density at radius 2 is 2.19 bits per heavy atom. The molecule has 0 saturated carbocycles. The van der Waals surface area contributed by atoms with Crippen LogP contribution in [0.2, 0.25) is 0 Å². The summed E-state index contributed by atoms with van der Waals surface area (Å²) in [6.45, 7) is 0. The number of benzene rings is 1. The van der Waals surface area contributed by atoms with Gasteiger partial charge in [0.1, 0.15) is 23.4 Å². The zero-order valence-corrected chi connectivity index (χ0v) is 8.43. The van der Waals surface area contributed by atoms with Gasteiger partial charge in [-0.2, -0.15) is 0 Å². The molecule has 0 aliphatic rings. The van der Waals surface area contributed by atoms with E-state index in [-0.39, 0.29) is 11.3 Å².